The number of para-hydroxylation sites is 1. The Morgan fingerprint density at radius 3 is 2.45 bits per heavy atom. The Kier molecular flexibility index (Phi) is 6.20. The molecule has 0 bridgehead atoms. The van der Waals surface area contributed by atoms with Crippen molar-refractivity contribution in [3.63, 3.8) is 0 Å². The molecule has 2 heterocycles. The fraction of sp³-hybridized carbons (Fsp3) is 0.360. The maximum absolute atomic E-state index is 13.7. The van der Waals surface area contributed by atoms with E-state index >= 15 is 0 Å². The maximum atomic E-state index is 13.7. The molecule has 1 amide bonds. The second-order valence-corrected chi connectivity index (χ2v) is 8.42. The predicted molar refractivity (Wildman–Crippen MR) is 122 cm³/mol. The number of likely N-dealkylation sites (N-methyl/N-ethyl adjacent to an activating group) is 1. The molecule has 3 unspecified atom stereocenters. The lowest BCUT2D eigenvalue weighted by atomic mass is 10.0. The maximum Gasteiger partial charge on any atom is 0.248 e. The number of benzene rings is 2. The van der Waals surface area contributed by atoms with Gasteiger partial charge in [0.2, 0.25) is 11.5 Å². The number of fused-ring (bicyclic) bond motifs is 1. The quantitative estimate of drug-likeness (QED) is 0.689. The third kappa shape index (κ3) is 4.70. The molecular formula is C25H29N3O3. The third-order valence-electron chi connectivity index (χ3n) is 5.78. The summed E-state index contributed by atoms with van der Waals surface area (Å²) in [4.78, 5) is 32.7. The molecule has 2 aromatic carbocycles. The van der Waals surface area contributed by atoms with Gasteiger partial charge < -0.3 is 14.6 Å². The number of nitrogens with one attached hydrogen (secondary N) is 1. The molecule has 1 aliphatic heterocycles. The van der Waals surface area contributed by atoms with Crippen LogP contribution in [0.2, 0.25) is 0 Å². The van der Waals surface area contributed by atoms with Crippen molar-refractivity contribution in [2.24, 2.45) is 0 Å². The fourth-order valence-corrected chi connectivity index (χ4v) is 4.52. The molecule has 162 valence electrons. The average molecular weight is 420 g/mol. The number of morpholine rings is 1. The standard InChI is InChI=1S/C25H29N3O3/c1-17-14-28(15-18(2)31-17)24(19-9-5-4-6-10-19)25(30)27(3)16-20-13-23(29)26-22-12-8-7-11-21(20)22/h4-13,17-18,24H,14-16H2,1-3H3,(H,26,29). The van der Waals surface area contributed by atoms with Gasteiger partial charge in [0.25, 0.3) is 0 Å². The number of aromatic amines is 1. The highest BCUT2D eigenvalue weighted by molar-refractivity contribution is 5.85. The van der Waals surface area contributed by atoms with E-state index in [2.05, 4.69) is 9.88 Å². The number of amides is 1. The third-order valence-corrected chi connectivity index (χ3v) is 5.78. The second-order valence-electron chi connectivity index (χ2n) is 8.42. The van der Waals surface area contributed by atoms with Gasteiger partial charge in [-0.15, -0.1) is 0 Å². The van der Waals surface area contributed by atoms with E-state index in [0.717, 1.165) is 22.0 Å². The molecule has 1 aromatic heterocycles. The summed E-state index contributed by atoms with van der Waals surface area (Å²) in [5, 5.41) is 0.951. The fourth-order valence-electron chi connectivity index (χ4n) is 4.52. The molecule has 3 atom stereocenters. The minimum absolute atomic E-state index is 0.0110. The van der Waals surface area contributed by atoms with Crippen molar-refractivity contribution < 1.29 is 9.53 Å². The van der Waals surface area contributed by atoms with Gasteiger partial charge in [0.15, 0.2) is 0 Å². The number of rotatable bonds is 5. The molecule has 31 heavy (non-hydrogen) atoms. The number of pyridine rings is 1. The predicted octanol–water partition coefficient (Wildman–Crippen LogP) is 3.34. The Labute approximate surface area is 182 Å². The van der Waals surface area contributed by atoms with Gasteiger partial charge in [-0.3, -0.25) is 14.5 Å². The van der Waals surface area contributed by atoms with Crippen molar-refractivity contribution in [3.05, 3.63) is 82.1 Å². The smallest absolute Gasteiger partial charge is 0.248 e. The number of hydrogen-bond donors (Lipinski definition) is 1. The Morgan fingerprint density at radius 2 is 1.74 bits per heavy atom. The molecule has 0 aliphatic carbocycles. The molecule has 1 aliphatic rings. The van der Waals surface area contributed by atoms with Crippen molar-refractivity contribution >= 4 is 16.8 Å². The summed E-state index contributed by atoms with van der Waals surface area (Å²) >= 11 is 0. The summed E-state index contributed by atoms with van der Waals surface area (Å²) in [5.74, 6) is 0.0110. The van der Waals surface area contributed by atoms with Gasteiger partial charge >= 0.3 is 0 Å². The van der Waals surface area contributed by atoms with E-state index in [4.69, 9.17) is 4.74 Å². The van der Waals surface area contributed by atoms with E-state index in [1.165, 1.54) is 0 Å². The van der Waals surface area contributed by atoms with Gasteiger partial charge in [-0.2, -0.15) is 0 Å². The molecule has 0 saturated carbocycles. The first kappa shape index (κ1) is 21.3. The van der Waals surface area contributed by atoms with Gasteiger partial charge in [0, 0.05) is 43.7 Å². The molecule has 0 radical (unpaired) electrons. The molecule has 1 N–H and O–H groups in total. The number of aromatic nitrogens is 1. The molecular weight excluding hydrogens is 390 g/mol. The van der Waals surface area contributed by atoms with E-state index in [1.54, 1.807) is 11.0 Å². The van der Waals surface area contributed by atoms with Crippen molar-refractivity contribution in [2.45, 2.75) is 38.6 Å². The second kappa shape index (κ2) is 9.04. The number of H-pyrrole nitrogens is 1. The zero-order valence-corrected chi connectivity index (χ0v) is 18.2. The summed E-state index contributed by atoms with van der Waals surface area (Å²) in [6, 6.07) is 18.8. The van der Waals surface area contributed by atoms with Crippen LogP contribution in [0, 0.1) is 0 Å². The van der Waals surface area contributed by atoms with Crippen molar-refractivity contribution in [1.29, 1.82) is 0 Å². The van der Waals surface area contributed by atoms with Gasteiger partial charge in [-0.1, -0.05) is 48.5 Å². The lowest BCUT2D eigenvalue weighted by Gasteiger charge is -2.40. The van der Waals surface area contributed by atoms with Crippen LogP contribution in [0.4, 0.5) is 0 Å². The molecule has 1 saturated heterocycles. The first-order valence-corrected chi connectivity index (χ1v) is 10.7. The van der Waals surface area contributed by atoms with Crippen LogP contribution in [0.15, 0.2) is 65.5 Å². The lowest BCUT2D eigenvalue weighted by Crippen LogP contribution is -2.51. The Hall–Kier alpha value is -2.96. The van der Waals surface area contributed by atoms with Crippen molar-refractivity contribution in [3.8, 4) is 0 Å². The molecule has 6 heteroatoms. The Bertz CT molecular complexity index is 1100. The Balaban J connectivity index is 1.65. The van der Waals surface area contributed by atoms with Crippen LogP contribution in [-0.4, -0.2) is 53.0 Å². The largest absolute Gasteiger partial charge is 0.373 e. The summed E-state index contributed by atoms with van der Waals surface area (Å²) in [6.07, 6.45) is 0.120. The van der Waals surface area contributed by atoms with Crippen molar-refractivity contribution in [1.82, 2.24) is 14.8 Å². The Morgan fingerprint density at radius 1 is 1.10 bits per heavy atom. The molecule has 0 spiro atoms. The number of nitrogens with zero attached hydrogens (tertiary/aromatic N) is 2. The normalized spacial score (nSPS) is 20.5. The number of ether oxygens (including phenoxy) is 1. The lowest BCUT2D eigenvalue weighted by molar-refractivity contribution is -0.142. The SMILES string of the molecule is CC1CN(C(C(=O)N(C)Cc2cc(=O)[nH]c3ccccc23)c2ccccc2)CC(C)O1. The average Bonchev–Trinajstić information content (AvgIpc) is 2.74. The van der Waals surface area contributed by atoms with Crippen LogP contribution in [0.5, 0.6) is 0 Å². The molecule has 6 nitrogen and oxygen atoms in total. The van der Waals surface area contributed by atoms with Crippen LogP contribution in [0.25, 0.3) is 10.9 Å². The van der Waals surface area contributed by atoms with Gasteiger partial charge in [0.1, 0.15) is 6.04 Å². The zero-order valence-electron chi connectivity index (χ0n) is 18.2. The van der Waals surface area contributed by atoms with Crippen LogP contribution in [0.1, 0.15) is 31.0 Å². The minimum Gasteiger partial charge on any atom is -0.373 e. The monoisotopic (exact) mass is 419 g/mol. The van der Waals surface area contributed by atoms with E-state index < -0.39 is 6.04 Å². The highest BCUT2D eigenvalue weighted by Gasteiger charge is 2.34. The van der Waals surface area contributed by atoms with E-state index in [9.17, 15) is 9.59 Å². The van der Waals surface area contributed by atoms with E-state index in [-0.39, 0.29) is 23.7 Å². The first-order chi connectivity index (χ1) is 14.9. The van der Waals surface area contributed by atoms with Gasteiger partial charge in [0.05, 0.1) is 12.2 Å². The highest BCUT2D eigenvalue weighted by Crippen LogP contribution is 2.28. The first-order valence-electron chi connectivity index (χ1n) is 10.7. The molecule has 3 aromatic rings. The zero-order chi connectivity index (χ0) is 22.0. The number of hydrogen-bond acceptors (Lipinski definition) is 4. The van der Waals surface area contributed by atoms with E-state index in [1.807, 2.05) is 75.5 Å². The topological polar surface area (TPSA) is 65.6 Å². The summed E-state index contributed by atoms with van der Waals surface area (Å²) in [5.41, 5.74) is 2.42. The minimum atomic E-state index is -0.395. The summed E-state index contributed by atoms with van der Waals surface area (Å²) in [7, 11) is 1.81. The van der Waals surface area contributed by atoms with Crippen LogP contribution < -0.4 is 5.56 Å². The van der Waals surface area contributed by atoms with Crippen LogP contribution in [0.3, 0.4) is 0 Å². The van der Waals surface area contributed by atoms with E-state index in [0.29, 0.717) is 19.6 Å². The van der Waals surface area contributed by atoms with Gasteiger partial charge in [-0.05, 0) is 31.0 Å². The van der Waals surface area contributed by atoms with Crippen LogP contribution in [-0.2, 0) is 16.1 Å². The highest BCUT2D eigenvalue weighted by atomic mass is 16.5. The number of carbonyl (C=O) groups excluding carboxylic acids is 1. The summed E-state index contributed by atoms with van der Waals surface area (Å²) in [6.45, 7) is 5.83. The summed E-state index contributed by atoms with van der Waals surface area (Å²) < 4.78 is 5.89. The van der Waals surface area contributed by atoms with Gasteiger partial charge in [-0.25, -0.2) is 0 Å². The number of carbonyl (C=O) groups is 1. The van der Waals surface area contributed by atoms with Crippen molar-refractivity contribution in [2.75, 3.05) is 20.1 Å². The van der Waals surface area contributed by atoms with Crippen LogP contribution >= 0.6 is 0 Å². The molecule has 1 fully saturated rings. The molecule has 4 rings (SSSR count).